The van der Waals surface area contributed by atoms with Crippen LogP contribution in [-0.2, 0) is 0 Å². The Morgan fingerprint density at radius 3 is 2.75 bits per heavy atom. The molecule has 0 spiro atoms. The lowest BCUT2D eigenvalue weighted by Crippen LogP contribution is -2.26. The van der Waals surface area contributed by atoms with Gasteiger partial charge >= 0.3 is 0 Å². The molecule has 0 fully saturated rings. The molecule has 0 radical (unpaired) electrons. The van der Waals surface area contributed by atoms with E-state index in [2.05, 4.69) is 20.3 Å². The average Bonchev–Trinajstić information content (AvgIpc) is 3.33. The van der Waals surface area contributed by atoms with E-state index in [4.69, 9.17) is 22.1 Å². The van der Waals surface area contributed by atoms with Crippen LogP contribution in [0.5, 0.6) is 5.19 Å². The van der Waals surface area contributed by atoms with Crippen molar-refractivity contribution < 1.29 is 4.74 Å². The zero-order valence-corrected chi connectivity index (χ0v) is 21.2. The van der Waals surface area contributed by atoms with Crippen molar-refractivity contribution in [1.82, 2.24) is 19.5 Å². The maximum absolute atomic E-state index is 13.7. The zero-order chi connectivity index (χ0) is 25.2. The molecule has 5 aromatic rings. The van der Waals surface area contributed by atoms with Gasteiger partial charge in [0.2, 0.25) is 5.95 Å². The van der Waals surface area contributed by atoms with Crippen LogP contribution in [0.3, 0.4) is 0 Å². The van der Waals surface area contributed by atoms with E-state index < -0.39 is 0 Å². The van der Waals surface area contributed by atoms with Gasteiger partial charge in [-0.1, -0.05) is 53.3 Å². The molecule has 0 saturated carbocycles. The first-order chi connectivity index (χ1) is 17.5. The molecule has 2 aromatic carbocycles. The van der Waals surface area contributed by atoms with Gasteiger partial charge in [-0.25, -0.2) is 9.97 Å². The maximum atomic E-state index is 13.7. The van der Waals surface area contributed by atoms with E-state index in [-0.39, 0.29) is 17.5 Å². The summed E-state index contributed by atoms with van der Waals surface area (Å²) < 4.78 is 7.20. The van der Waals surface area contributed by atoms with Gasteiger partial charge < -0.3 is 15.8 Å². The molecule has 5 rings (SSSR count). The van der Waals surface area contributed by atoms with Gasteiger partial charge in [-0.15, -0.1) is 0 Å². The molecule has 0 amide bonds. The lowest BCUT2D eigenvalue weighted by molar-refractivity contribution is 0.338. The van der Waals surface area contributed by atoms with Crippen molar-refractivity contribution in [3.8, 4) is 22.1 Å². The number of halogens is 1. The summed E-state index contributed by atoms with van der Waals surface area (Å²) in [5.41, 5.74) is 8.55. The maximum Gasteiger partial charge on any atom is 0.273 e. The summed E-state index contributed by atoms with van der Waals surface area (Å²) in [5, 5.41) is 7.51. The number of pyridine rings is 1. The van der Waals surface area contributed by atoms with Crippen LogP contribution in [0.25, 0.3) is 27.7 Å². The Kier molecular flexibility index (Phi) is 6.58. The Morgan fingerprint density at radius 2 is 1.97 bits per heavy atom. The van der Waals surface area contributed by atoms with Gasteiger partial charge in [0.05, 0.1) is 34.3 Å². The van der Waals surface area contributed by atoms with Crippen molar-refractivity contribution in [3.05, 3.63) is 87.2 Å². The molecule has 0 aliphatic carbocycles. The number of rotatable bonds is 7. The molecule has 3 N–H and O–H groups in total. The van der Waals surface area contributed by atoms with E-state index in [9.17, 15) is 4.79 Å². The Hall–Kier alpha value is -3.95. The van der Waals surface area contributed by atoms with Crippen LogP contribution < -0.4 is 21.3 Å². The normalized spacial score (nSPS) is 12.0. The molecule has 3 aromatic heterocycles. The molecule has 0 bridgehead atoms. The number of nitrogens with two attached hydrogens (primary N) is 1. The number of thiazole rings is 1. The van der Waals surface area contributed by atoms with Crippen molar-refractivity contribution in [2.45, 2.75) is 19.9 Å². The number of para-hydroxylation sites is 1. The third-order valence-corrected chi connectivity index (χ3v) is 6.74. The standard InChI is InChI=1S/C26H23ClN6O2S/c1-3-35-26-31-20(14-36-26)18-13-29-25(28)32-23(18)30-15(2)21-12-16-8-7-11-19(27)22(16)24(34)33(21)17-9-5-4-6-10-17/h4-15H,3H2,1-2H3,(H3,28,29,30,32). The van der Waals surface area contributed by atoms with Crippen molar-refractivity contribution in [1.29, 1.82) is 0 Å². The summed E-state index contributed by atoms with van der Waals surface area (Å²) in [5.74, 6) is 0.626. The highest BCUT2D eigenvalue weighted by Gasteiger charge is 2.20. The highest BCUT2D eigenvalue weighted by molar-refractivity contribution is 7.11. The van der Waals surface area contributed by atoms with Crippen molar-refractivity contribution in [2.75, 3.05) is 17.7 Å². The first-order valence-electron chi connectivity index (χ1n) is 11.3. The lowest BCUT2D eigenvalue weighted by Gasteiger charge is -2.22. The van der Waals surface area contributed by atoms with E-state index in [1.807, 2.05) is 67.8 Å². The van der Waals surface area contributed by atoms with Crippen LogP contribution in [0.15, 0.2) is 71.0 Å². The van der Waals surface area contributed by atoms with E-state index in [1.165, 1.54) is 11.3 Å². The predicted molar refractivity (Wildman–Crippen MR) is 145 cm³/mol. The highest BCUT2D eigenvalue weighted by atomic mass is 35.5. The largest absolute Gasteiger partial charge is 0.470 e. The highest BCUT2D eigenvalue weighted by Crippen LogP contribution is 2.33. The topological polar surface area (TPSA) is 108 Å². The van der Waals surface area contributed by atoms with Gasteiger partial charge in [-0.3, -0.25) is 9.36 Å². The third-order valence-electron chi connectivity index (χ3n) is 5.67. The first kappa shape index (κ1) is 23.8. The number of nitrogen functional groups attached to an aromatic ring is 1. The molecule has 36 heavy (non-hydrogen) atoms. The molecule has 0 aliphatic heterocycles. The molecule has 1 atom stereocenters. The second-order valence-electron chi connectivity index (χ2n) is 8.04. The summed E-state index contributed by atoms with van der Waals surface area (Å²) in [6.07, 6.45) is 1.63. The fraction of sp³-hybridized carbons (Fsp3) is 0.154. The van der Waals surface area contributed by atoms with Crippen molar-refractivity contribution >= 4 is 45.5 Å². The fourth-order valence-electron chi connectivity index (χ4n) is 4.04. The lowest BCUT2D eigenvalue weighted by atomic mass is 10.1. The summed E-state index contributed by atoms with van der Waals surface area (Å²) >= 11 is 7.83. The minimum absolute atomic E-state index is 0.124. The van der Waals surface area contributed by atoms with Crippen LogP contribution >= 0.6 is 22.9 Å². The van der Waals surface area contributed by atoms with Gasteiger partial charge in [0.1, 0.15) is 5.82 Å². The van der Waals surface area contributed by atoms with Gasteiger partial charge in [-0.2, -0.15) is 4.98 Å². The number of hydrogen-bond acceptors (Lipinski definition) is 8. The second-order valence-corrected chi connectivity index (χ2v) is 9.27. The molecule has 0 saturated heterocycles. The van der Waals surface area contributed by atoms with Crippen LogP contribution in [0.4, 0.5) is 11.8 Å². The van der Waals surface area contributed by atoms with Crippen molar-refractivity contribution in [3.63, 3.8) is 0 Å². The van der Waals surface area contributed by atoms with E-state index in [1.54, 1.807) is 16.8 Å². The summed E-state index contributed by atoms with van der Waals surface area (Å²) in [7, 11) is 0. The second kappa shape index (κ2) is 9.96. The molecular weight excluding hydrogens is 496 g/mol. The minimum atomic E-state index is -0.348. The number of anilines is 2. The molecular formula is C26H23ClN6O2S. The predicted octanol–water partition coefficient (Wildman–Crippen LogP) is 5.71. The fourth-order valence-corrected chi connectivity index (χ4v) is 5.04. The molecule has 10 heteroatoms. The van der Waals surface area contributed by atoms with Crippen LogP contribution in [-0.4, -0.2) is 26.1 Å². The number of aromatic nitrogens is 4. The van der Waals surface area contributed by atoms with Crippen LogP contribution in [0.2, 0.25) is 5.02 Å². The summed E-state index contributed by atoms with van der Waals surface area (Å²) in [6, 6.07) is 16.5. The molecule has 182 valence electrons. The van der Waals surface area contributed by atoms with Gasteiger partial charge in [-0.05, 0) is 43.5 Å². The molecule has 1 unspecified atom stereocenters. The number of hydrogen-bond donors (Lipinski definition) is 2. The van der Waals surface area contributed by atoms with Crippen molar-refractivity contribution in [2.24, 2.45) is 0 Å². The molecule has 0 aliphatic rings. The number of nitrogens with one attached hydrogen (secondary N) is 1. The van der Waals surface area contributed by atoms with E-state index in [0.717, 1.165) is 16.8 Å². The van der Waals surface area contributed by atoms with E-state index >= 15 is 0 Å². The monoisotopic (exact) mass is 518 g/mol. The number of nitrogens with zero attached hydrogens (tertiary/aromatic N) is 4. The van der Waals surface area contributed by atoms with Gasteiger partial charge in [0, 0.05) is 23.0 Å². The minimum Gasteiger partial charge on any atom is -0.470 e. The van der Waals surface area contributed by atoms with Crippen LogP contribution in [0.1, 0.15) is 25.6 Å². The smallest absolute Gasteiger partial charge is 0.273 e. The zero-order valence-electron chi connectivity index (χ0n) is 19.6. The Balaban J connectivity index is 1.63. The molecule has 3 heterocycles. The summed E-state index contributed by atoms with van der Waals surface area (Å²) in [6.45, 7) is 4.39. The number of ether oxygens (including phenoxy) is 1. The first-order valence-corrected chi connectivity index (χ1v) is 12.6. The Labute approximate surface area is 216 Å². The SMILES string of the molecule is CCOc1nc(-c2cnc(N)nc2NC(C)c2cc3cccc(Cl)c3c(=O)n2-c2ccccc2)cs1. The number of benzene rings is 2. The van der Waals surface area contributed by atoms with Gasteiger partial charge in [0.25, 0.3) is 10.8 Å². The molecule has 8 nitrogen and oxygen atoms in total. The third kappa shape index (κ3) is 4.50. The van der Waals surface area contributed by atoms with Gasteiger partial charge in [0.15, 0.2) is 0 Å². The number of fused-ring (bicyclic) bond motifs is 1. The average molecular weight is 519 g/mol. The Bertz CT molecular complexity index is 1600. The van der Waals surface area contributed by atoms with Crippen LogP contribution in [0, 0.1) is 0 Å². The summed E-state index contributed by atoms with van der Waals surface area (Å²) in [4.78, 5) is 26.9. The Morgan fingerprint density at radius 1 is 1.17 bits per heavy atom. The van der Waals surface area contributed by atoms with E-state index in [0.29, 0.717) is 39.3 Å². The quantitative estimate of drug-likeness (QED) is 0.284.